The van der Waals surface area contributed by atoms with Crippen molar-refractivity contribution in [1.82, 2.24) is 0 Å². The summed E-state index contributed by atoms with van der Waals surface area (Å²) >= 11 is 0. The number of hydrogen-bond acceptors (Lipinski definition) is 4. The van der Waals surface area contributed by atoms with Crippen LogP contribution in [-0.2, 0) is 10.0 Å². The van der Waals surface area contributed by atoms with Gasteiger partial charge in [-0.2, -0.15) is 0 Å². The number of sulfonamides is 1. The van der Waals surface area contributed by atoms with Crippen LogP contribution >= 0.6 is 0 Å². The van der Waals surface area contributed by atoms with Crippen molar-refractivity contribution in [3.63, 3.8) is 0 Å². The van der Waals surface area contributed by atoms with Gasteiger partial charge in [-0.05, 0) is 49.9 Å². The lowest BCUT2D eigenvalue weighted by molar-refractivity contribution is 0.415. The predicted octanol–water partition coefficient (Wildman–Crippen LogP) is 4.04. The molecule has 26 heavy (non-hydrogen) atoms. The fourth-order valence-electron chi connectivity index (χ4n) is 3.15. The molecular formula is C20H26N2O3S. The molecule has 1 heterocycles. The molecule has 0 bridgehead atoms. The van der Waals surface area contributed by atoms with Gasteiger partial charge in [0, 0.05) is 24.8 Å². The van der Waals surface area contributed by atoms with Crippen LogP contribution in [0.3, 0.4) is 0 Å². The van der Waals surface area contributed by atoms with Crippen molar-refractivity contribution >= 4 is 21.4 Å². The summed E-state index contributed by atoms with van der Waals surface area (Å²) in [7, 11) is -2.09. The van der Waals surface area contributed by atoms with E-state index < -0.39 is 10.0 Å². The number of hydrogen-bond donors (Lipinski definition) is 1. The topological polar surface area (TPSA) is 58.6 Å². The molecule has 2 aromatic rings. The molecule has 0 aliphatic carbocycles. The van der Waals surface area contributed by atoms with E-state index in [1.54, 1.807) is 37.4 Å². The average Bonchev–Trinajstić information content (AvgIpc) is 2.63. The third-order valence-electron chi connectivity index (χ3n) is 4.91. The third-order valence-corrected chi connectivity index (χ3v) is 6.29. The number of benzene rings is 2. The molecule has 6 heteroatoms. The van der Waals surface area contributed by atoms with Crippen molar-refractivity contribution in [2.24, 2.45) is 5.92 Å². The van der Waals surface area contributed by atoms with Gasteiger partial charge in [0.25, 0.3) is 10.0 Å². The molecular weight excluding hydrogens is 348 g/mol. The Morgan fingerprint density at radius 2 is 1.73 bits per heavy atom. The number of aryl methyl sites for hydroxylation is 1. The van der Waals surface area contributed by atoms with Crippen LogP contribution < -0.4 is 14.4 Å². The van der Waals surface area contributed by atoms with Crippen LogP contribution in [0.25, 0.3) is 0 Å². The summed E-state index contributed by atoms with van der Waals surface area (Å²) in [5.41, 5.74) is 2.52. The molecule has 0 spiro atoms. The van der Waals surface area contributed by atoms with Crippen molar-refractivity contribution in [3.05, 3.63) is 48.0 Å². The van der Waals surface area contributed by atoms with E-state index in [0.29, 0.717) is 11.4 Å². The molecule has 2 aromatic carbocycles. The SMILES string of the molecule is COc1cc(N2CCC(C)CC2)ccc1NS(=O)(=O)c1ccc(C)cc1. The Kier molecular flexibility index (Phi) is 5.41. The number of rotatable bonds is 5. The lowest BCUT2D eigenvalue weighted by Crippen LogP contribution is -2.32. The van der Waals surface area contributed by atoms with E-state index in [4.69, 9.17) is 4.74 Å². The highest BCUT2D eigenvalue weighted by atomic mass is 32.2. The Balaban J connectivity index is 1.82. The molecule has 1 aliphatic rings. The van der Waals surface area contributed by atoms with Gasteiger partial charge < -0.3 is 9.64 Å². The predicted molar refractivity (Wildman–Crippen MR) is 106 cm³/mol. The molecule has 140 valence electrons. The minimum atomic E-state index is -3.65. The number of nitrogens with one attached hydrogen (secondary N) is 1. The molecule has 1 fully saturated rings. The smallest absolute Gasteiger partial charge is 0.262 e. The molecule has 0 atom stereocenters. The summed E-state index contributed by atoms with van der Waals surface area (Å²) in [6.07, 6.45) is 2.34. The fourth-order valence-corrected chi connectivity index (χ4v) is 4.22. The number of ether oxygens (including phenoxy) is 1. The average molecular weight is 375 g/mol. The second-order valence-corrected chi connectivity index (χ2v) is 8.66. The lowest BCUT2D eigenvalue weighted by Gasteiger charge is -2.32. The van der Waals surface area contributed by atoms with E-state index in [1.165, 1.54) is 12.8 Å². The van der Waals surface area contributed by atoms with E-state index in [1.807, 2.05) is 19.1 Å². The lowest BCUT2D eigenvalue weighted by atomic mass is 9.99. The largest absolute Gasteiger partial charge is 0.494 e. The highest BCUT2D eigenvalue weighted by molar-refractivity contribution is 7.92. The first kappa shape index (κ1) is 18.6. The third kappa shape index (κ3) is 4.12. The van der Waals surface area contributed by atoms with E-state index in [0.717, 1.165) is 30.3 Å². The van der Waals surface area contributed by atoms with Crippen molar-refractivity contribution < 1.29 is 13.2 Å². The maximum absolute atomic E-state index is 12.6. The molecule has 5 nitrogen and oxygen atoms in total. The second-order valence-electron chi connectivity index (χ2n) is 6.97. The van der Waals surface area contributed by atoms with Gasteiger partial charge >= 0.3 is 0 Å². The summed E-state index contributed by atoms with van der Waals surface area (Å²) in [5, 5.41) is 0. The monoisotopic (exact) mass is 374 g/mol. The Bertz CT molecular complexity index is 855. The van der Waals surface area contributed by atoms with Gasteiger partial charge in [0.1, 0.15) is 5.75 Å². The summed E-state index contributed by atoms with van der Waals surface area (Å²) in [4.78, 5) is 2.56. The Morgan fingerprint density at radius 1 is 1.08 bits per heavy atom. The van der Waals surface area contributed by atoms with Crippen LogP contribution in [0.1, 0.15) is 25.3 Å². The highest BCUT2D eigenvalue weighted by Crippen LogP contribution is 2.33. The van der Waals surface area contributed by atoms with Gasteiger partial charge in [-0.15, -0.1) is 0 Å². The molecule has 1 saturated heterocycles. The molecule has 1 aliphatic heterocycles. The van der Waals surface area contributed by atoms with Crippen LogP contribution in [0.2, 0.25) is 0 Å². The van der Waals surface area contributed by atoms with Crippen molar-refractivity contribution in [2.75, 3.05) is 29.8 Å². The van der Waals surface area contributed by atoms with Gasteiger partial charge in [0.05, 0.1) is 17.7 Å². The highest BCUT2D eigenvalue weighted by Gasteiger charge is 2.20. The molecule has 1 N–H and O–H groups in total. The molecule has 0 saturated carbocycles. The molecule has 0 radical (unpaired) electrons. The van der Waals surface area contributed by atoms with Gasteiger partial charge in [-0.25, -0.2) is 8.42 Å². The first-order chi connectivity index (χ1) is 12.4. The molecule has 3 rings (SSSR count). The second kappa shape index (κ2) is 7.58. The van der Waals surface area contributed by atoms with Gasteiger partial charge in [-0.1, -0.05) is 24.6 Å². The van der Waals surface area contributed by atoms with Crippen LogP contribution in [0.4, 0.5) is 11.4 Å². The van der Waals surface area contributed by atoms with E-state index in [9.17, 15) is 8.42 Å². The van der Waals surface area contributed by atoms with Crippen molar-refractivity contribution in [2.45, 2.75) is 31.6 Å². The zero-order valence-electron chi connectivity index (χ0n) is 15.5. The van der Waals surface area contributed by atoms with Crippen LogP contribution in [0.15, 0.2) is 47.4 Å². The quantitative estimate of drug-likeness (QED) is 0.858. The van der Waals surface area contributed by atoms with Gasteiger partial charge in [0.15, 0.2) is 0 Å². The fraction of sp³-hybridized carbons (Fsp3) is 0.400. The number of nitrogens with zero attached hydrogens (tertiary/aromatic N) is 1. The Hall–Kier alpha value is -2.21. The maximum Gasteiger partial charge on any atom is 0.262 e. The van der Waals surface area contributed by atoms with Gasteiger partial charge in [0.2, 0.25) is 0 Å². The van der Waals surface area contributed by atoms with Crippen LogP contribution in [0.5, 0.6) is 5.75 Å². The standard InChI is InChI=1S/C20H26N2O3S/c1-15-4-7-18(8-5-15)26(23,24)21-19-9-6-17(14-20(19)25-3)22-12-10-16(2)11-13-22/h4-9,14,16,21H,10-13H2,1-3H3. The minimum absolute atomic E-state index is 0.235. The zero-order valence-corrected chi connectivity index (χ0v) is 16.3. The molecule has 0 unspecified atom stereocenters. The van der Waals surface area contributed by atoms with Crippen molar-refractivity contribution in [1.29, 1.82) is 0 Å². The van der Waals surface area contributed by atoms with E-state index in [2.05, 4.69) is 16.5 Å². The first-order valence-electron chi connectivity index (χ1n) is 8.91. The summed E-state index contributed by atoms with van der Waals surface area (Å²) in [5.74, 6) is 1.28. The van der Waals surface area contributed by atoms with E-state index in [-0.39, 0.29) is 4.90 Å². The molecule has 0 aromatic heterocycles. The van der Waals surface area contributed by atoms with Gasteiger partial charge in [-0.3, -0.25) is 4.72 Å². The maximum atomic E-state index is 12.6. The normalized spacial score (nSPS) is 15.7. The molecule has 0 amide bonds. The summed E-state index contributed by atoms with van der Waals surface area (Å²) in [6, 6.07) is 12.4. The summed E-state index contributed by atoms with van der Waals surface area (Å²) in [6.45, 7) is 6.23. The van der Waals surface area contributed by atoms with E-state index >= 15 is 0 Å². The first-order valence-corrected chi connectivity index (χ1v) is 10.4. The van der Waals surface area contributed by atoms with Crippen LogP contribution in [-0.4, -0.2) is 28.6 Å². The number of piperidine rings is 1. The minimum Gasteiger partial charge on any atom is -0.494 e. The zero-order chi connectivity index (χ0) is 18.7. The number of anilines is 2. The Morgan fingerprint density at radius 3 is 2.35 bits per heavy atom. The number of methoxy groups -OCH3 is 1. The van der Waals surface area contributed by atoms with Crippen LogP contribution in [0, 0.1) is 12.8 Å². The Labute approximate surface area is 156 Å². The van der Waals surface area contributed by atoms with Crippen molar-refractivity contribution in [3.8, 4) is 5.75 Å². The summed E-state index contributed by atoms with van der Waals surface area (Å²) < 4.78 is 33.3.